The number of hydrogen-bond acceptors (Lipinski definition) is 7. The summed E-state index contributed by atoms with van der Waals surface area (Å²) in [6.07, 6.45) is -4.33. The number of aliphatic hydroxyl groups is 2. The predicted molar refractivity (Wildman–Crippen MR) is 104 cm³/mol. The molecule has 4 atom stereocenters. The molecule has 4 N–H and O–H groups in total. The summed E-state index contributed by atoms with van der Waals surface area (Å²) < 4.78 is 22.4. The number of phosphoric acid groups is 1. The van der Waals surface area contributed by atoms with Crippen molar-refractivity contribution in [1.29, 1.82) is 0 Å². The van der Waals surface area contributed by atoms with Crippen LogP contribution < -0.4 is 11.2 Å². The third kappa shape index (κ3) is 5.26. The average molecular weight is 463 g/mol. The first kappa shape index (κ1) is 22.9. The van der Waals surface area contributed by atoms with Crippen molar-refractivity contribution in [2.45, 2.75) is 37.5 Å². The van der Waals surface area contributed by atoms with E-state index < -0.39 is 50.2 Å². The van der Waals surface area contributed by atoms with E-state index in [9.17, 15) is 24.4 Å². The van der Waals surface area contributed by atoms with Gasteiger partial charge in [0.1, 0.15) is 18.3 Å². The molecular weight excluding hydrogens is 443 g/mol. The maximum Gasteiger partial charge on any atom is 0.469 e. The molecule has 0 aliphatic carbocycles. The van der Waals surface area contributed by atoms with Crippen LogP contribution in [0.25, 0.3) is 0 Å². The molecule has 1 fully saturated rings. The molecule has 2 aromatic rings. The van der Waals surface area contributed by atoms with Gasteiger partial charge in [-0.3, -0.25) is 18.5 Å². The second-order valence-electron chi connectivity index (χ2n) is 6.70. The molecule has 30 heavy (non-hydrogen) atoms. The number of aromatic nitrogens is 2. The molecule has 0 bridgehead atoms. The van der Waals surface area contributed by atoms with Gasteiger partial charge in [0.15, 0.2) is 6.23 Å². The number of hydrogen-bond donors (Lipinski definition) is 4. The second kappa shape index (κ2) is 9.13. The molecule has 0 spiro atoms. The molecule has 0 amide bonds. The number of aryl methyl sites for hydroxylation is 1. The fraction of sp³-hybridized carbons (Fsp3) is 0.412. The van der Waals surface area contributed by atoms with Gasteiger partial charge in [0.25, 0.3) is 5.56 Å². The van der Waals surface area contributed by atoms with Crippen LogP contribution in [0.3, 0.4) is 0 Å². The molecule has 1 aromatic heterocycles. The van der Waals surface area contributed by atoms with E-state index >= 15 is 0 Å². The Morgan fingerprint density at radius 2 is 1.77 bits per heavy atom. The number of rotatable bonds is 7. The van der Waals surface area contributed by atoms with Crippen LogP contribution in [0.15, 0.2) is 46.1 Å². The normalized spacial score (nSPS) is 24.3. The lowest BCUT2D eigenvalue weighted by atomic mass is 10.1. The zero-order valence-electron chi connectivity index (χ0n) is 15.4. The maximum absolute atomic E-state index is 12.8. The van der Waals surface area contributed by atoms with E-state index in [0.29, 0.717) is 11.4 Å². The van der Waals surface area contributed by atoms with Crippen LogP contribution in [0.1, 0.15) is 11.8 Å². The largest absolute Gasteiger partial charge is 0.469 e. The number of aliphatic hydroxyl groups excluding tert-OH is 2. The van der Waals surface area contributed by atoms with Gasteiger partial charge in [-0.25, -0.2) is 9.36 Å². The van der Waals surface area contributed by atoms with Crippen LogP contribution in [0, 0.1) is 0 Å². The van der Waals surface area contributed by atoms with Gasteiger partial charge < -0.3 is 24.7 Å². The second-order valence-corrected chi connectivity index (χ2v) is 8.38. The lowest BCUT2D eigenvalue weighted by Gasteiger charge is -2.18. The van der Waals surface area contributed by atoms with Crippen molar-refractivity contribution < 1.29 is 33.8 Å². The summed E-state index contributed by atoms with van der Waals surface area (Å²) in [5.74, 6) is 0. The summed E-state index contributed by atoms with van der Waals surface area (Å²) in [6.45, 7) is -0.653. The van der Waals surface area contributed by atoms with Gasteiger partial charge in [-0.05, 0) is 24.1 Å². The quantitative estimate of drug-likeness (QED) is 0.402. The number of nitrogens with zero attached hydrogens (tertiary/aromatic N) is 2. The average Bonchev–Trinajstić information content (AvgIpc) is 2.95. The van der Waals surface area contributed by atoms with E-state index in [4.69, 9.17) is 26.1 Å². The highest BCUT2D eigenvalue weighted by Gasteiger charge is 2.45. The fourth-order valence-corrected chi connectivity index (χ4v) is 3.56. The zero-order valence-corrected chi connectivity index (χ0v) is 17.1. The molecule has 2 heterocycles. The summed E-state index contributed by atoms with van der Waals surface area (Å²) >= 11 is 5.84. The molecular formula is C17H20ClN2O9P. The minimum Gasteiger partial charge on any atom is -0.387 e. The van der Waals surface area contributed by atoms with Crippen LogP contribution in [-0.2, 0) is 26.8 Å². The summed E-state index contributed by atoms with van der Waals surface area (Å²) in [5.41, 5.74) is -0.479. The van der Waals surface area contributed by atoms with Gasteiger partial charge in [0, 0.05) is 23.8 Å². The monoisotopic (exact) mass is 462 g/mol. The number of halogens is 1. The third-order valence-electron chi connectivity index (χ3n) is 4.65. The fourth-order valence-electron chi connectivity index (χ4n) is 3.09. The summed E-state index contributed by atoms with van der Waals surface area (Å²) in [5, 5.41) is 20.9. The molecule has 13 heteroatoms. The van der Waals surface area contributed by atoms with E-state index in [1.807, 2.05) is 0 Å². The van der Waals surface area contributed by atoms with Crippen LogP contribution in [0.5, 0.6) is 0 Å². The lowest BCUT2D eigenvalue weighted by Crippen LogP contribution is -2.43. The van der Waals surface area contributed by atoms with Crippen LogP contribution in [-0.4, -0.2) is 54.1 Å². The molecule has 1 saturated heterocycles. The smallest absolute Gasteiger partial charge is 0.387 e. The minimum absolute atomic E-state index is 0.0518. The van der Waals surface area contributed by atoms with Gasteiger partial charge in [-0.2, -0.15) is 0 Å². The minimum atomic E-state index is -4.82. The molecule has 11 nitrogen and oxygen atoms in total. The highest BCUT2D eigenvalue weighted by Crippen LogP contribution is 2.38. The maximum atomic E-state index is 12.8. The van der Waals surface area contributed by atoms with Gasteiger partial charge >= 0.3 is 13.5 Å². The van der Waals surface area contributed by atoms with Gasteiger partial charge in [-0.1, -0.05) is 23.7 Å². The Kier molecular flexibility index (Phi) is 6.95. The Morgan fingerprint density at radius 1 is 1.10 bits per heavy atom. The topological polar surface area (TPSA) is 160 Å². The van der Waals surface area contributed by atoms with Crippen molar-refractivity contribution in [3.05, 3.63) is 68.0 Å². The molecule has 1 aliphatic rings. The highest BCUT2D eigenvalue weighted by molar-refractivity contribution is 7.46. The number of phosphoric ester groups is 1. The summed E-state index contributed by atoms with van der Waals surface area (Å²) in [7, 11) is -4.82. The zero-order chi connectivity index (χ0) is 22.1. The van der Waals surface area contributed by atoms with Crippen LogP contribution in [0.4, 0.5) is 0 Å². The van der Waals surface area contributed by atoms with Crippen molar-refractivity contribution in [3.8, 4) is 0 Å². The molecule has 1 aromatic carbocycles. The Bertz CT molecular complexity index is 1050. The van der Waals surface area contributed by atoms with Crippen LogP contribution in [0.2, 0.25) is 5.02 Å². The van der Waals surface area contributed by atoms with Crippen molar-refractivity contribution >= 4 is 19.4 Å². The molecule has 0 unspecified atom stereocenters. The Hall–Kier alpha value is -1.82. The van der Waals surface area contributed by atoms with Crippen molar-refractivity contribution in [2.75, 3.05) is 6.61 Å². The van der Waals surface area contributed by atoms with Gasteiger partial charge in [0.05, 0.1) is 6.61 Å². The van der Waals surface area contributed by atoms with E-state index in [2.05, 4.69) is 4.52 Å². The first-order valence-electron chi connectivity index (χ1n) is 8.85. The SMILES string of the molecule is O=c1ccn([C@@H]2O[C@H](COP(=O)(O)O)[C@H](O)[C@@H]2O)c(=O)n1CCc1ccc(Cl)cc1. The Labute approximate surface area is 174 Å². The molecule has 3 rings (SSSR count). The van der Waals surface area contributed by atoms with Gasteiger partial charge in [-0.15, -0.1) is 0 Å². The highest BCUT2D eigenvalue weighted by atomic mass is 35.5. The number of ether oxygens (including phenoxy) is 1. The van der Waals surface area contributed by atoms with E-state index in [1.54, 1.807) is 24.3 Å². The first-order chi connectivity index (χ1) is 14.1. The van der Waals surface area contributed by atoms with Crippen molar-refractivity contribution in [2.24, 2.45) is 0 Å². The summed E-state index contributed by atoms with van der Waals surface area (Å²) in [6, 6.07) is 8.02. The molecule has 164 valence electrons. The predicted octanol–water partition coefficient (Wildman–Crippen LogP) is -0.365. The molecule has 0 saturated carbocycles. The molecule has 0 radical (unpaired) electrons. The Balaban J connectivity index is 1.80. The van der Waals surface area contributed by atoms with Gasteiger partial charge in [0.2, 0.25) is 0 Å². The third-order valence-corrected chi connectivity index (χ3v) is 5.39. The van der Waals surface area contributed by atoms with Crippen molar-refractivity contribution in [1.82, 2.24) is 9.13 Å². The number of benzene rings is 1. The van der Waals surface area contributed by atoms with E-state index in [1.165, 1.54) is 0 Å². The first-order valence-corrected chi connectivity index (χ1v) is 10.8. The standard InChI is InChI=1S/C17H20ClN2O9P/c18-11-3-1-10(2-4-11)5-7-19-13(21)6-8-20(17(19)24)16-15(23)14(22)12(29-16)9-28-30(25,26)27/h1-4,6,8,12,14-16,22-23H,5,7,9H2,(H2,25,26,27)/t12-,14+,15+,16-/m1/s1. The van der Waals surface area contributed by atoms with E-state index in [0.717, 1.165) is 27.0 Å². The lowest BCUT2D eigenvalue weighted by molar-refractivity contribution is -0.0548. The van der Waals surface area contributed by atoms with Crippen molar-refractivity contribution in [3.63, 3.8) is 0 Å². The Morgan fingerprint density at radius 3 is 2.40 bits per heavy atom. The van der Waals surface area contributed by atoms with E-state index in [-0.39, 0.29) is 6.54 Å². The van der Waals surface area contributed by atoms with Crippen LogP contribution >= 0.6 is 19.4 Å². The molecule has 1 aliphatic heterocycles. The summed E-state index contributed by atoms with van der Waals surface area (Å²) in [4.78, 5) is 42.5.